The van der Waals surface area contributed by atoms with Crippen molar-refractivity contribution in [3.63, 3.8) is 0 Å². The van der Waals surface area contributed by atoms with E-state index in [4.69, 9.17) is 4.74 Å². The Kier molecular flexibility index (Phi) is 4.27. The van der Waals surface area contributed by atoms with Gasteiger partial charge in [-0.05, 0) is 42.8 Å². The maximum Gasteiger partial charge on any atom is 0.276 e. The summed E-state index contributed by atoms with van der Waals surface area (Å²) in [5.41, 5.74) is 3.31. The third-order valence-corrected chi connectivity index (χ3v) is 4.26. The smallest absolute Gasteiger partial charge is 0.276 e. The molecule has 0 atom stereocenters. The van der Waals surface area contributed by atoms with Gasteiger partial charge in [-0.2, -0.15) is 5.10 Å². The average molecular weight is 345 g/mol. The van der Waals surface area contributed by atoms with Crippen molar-refractivity contribution in [2.45, 2.75) is 13.5 Å². The Labute approximate surface area is 151 Å². The number of rotatable bonds is 5. The molecule has 4 rings (SSSR count). The number of hydrogen-bond acceptors (Lipinski definition) is 3. The summed E-state index contributed by atoms with van der Waals surface area (Å²) in [6.07, 6.45) is 3.59. The molecule has 2 aromatic heterocycles. The van der Waals surface area contributed by atoms with Crippen LogP contribution in [0.1, 0.15) is 12.5 Å². The van der Waals surface area contributed by atoms with Gasteiger partial charge in [-0.25, -0.2) is 4.52 Å². The summed E-state index contributed by atoms with van der Waals surface area (Å²) in [6, 6.07) is 19.5. The van der Waals surface area contributed by atoms with E-state index in [0.717, 1.165) is 22.6 Å². The van der Waals surface area contributed by atoms with Crippen LogP contribution in [0.25, 0.3) is 16.8 Å². The second-order valence-corrected chi connectivity index (χ2v) is 6.03. The van der Waals surface area contributed by atoms with E-state index in [1.54, 1.807) is 15.3 Å². The van der Waals surface area contributed by atoms with E-state index in [2.05, 4.69) is 5.10 Å². The number of ether oxygens (including phenoxy) is 1. The van der Waals surface area contributed by atoms with Gasteiger partial charge in [0.1, 0.15) is 11.3 Å². The van der Waals surface area contributed by atoms with Gasteiger partial charge < -0.3 is 9.30 Å². The van der Waals surface area contributed by atoms with Gasteiger partial charge in [-0.15, -0.1) is 0 Å². The van der Waals surface area contributed by atoms with E-state index < -0.39 is 0 Å². The maximum absolute atomic E-state index is 12.8. The maximum atomic E-state index is 12.8. The Morgan fingerprint density at radius 1 is 1.00 bits per heavy atom. The molecule has 5 nitrogen and oxygen atoms in total. The standard InChI is InChI=1S/C21H19N3O2/c1-2-26-18-10-8-17(9-11-18)19-14-20-21(25)23(12-13-24(20)22-19)15-16-6-4-3-5-7-16/h3-14H,2,15H2,1H3. The third-order valence-electron chi connectivity index (χ3n) is 4.26. The second kappa shape index (κ2) is 6.88. The number of hydrogen-bond donors (Lipinski definition) is 0. The summed E-state index contributed by atoms with van der Waals surface area (Å²) in [6.45, 7) is 3.13. The predicted molar refractivity (Wildman–Crippen MR) is 102 cm³/mol. The van der Waals surface area contributed by atoms with Crippen LogP contribution in [0, 0.1) is 0 Å². The molecule has 0 amide bonds. The minimum absolute atomic E-state index is 0.0546. The number of benzene rings is 2. The van der Waals surface area contributed by atoms with Crippen LogP contribution in [-0.4, -0.2) is 20.8 Å². The summed E-state index contributed by atoms with van der Waals surface area (Å²) >= 11 is 0. The fourth-order valence-electron chi connectivity index (χ4n) is 2.96. The third kappa shape index (κ3) is 3.11. The highest BCUT2D eigenvalue weighted by molar-refractivity contribution is 5.66. The van der Waals surface area contributed by atoms with Crippen LogP contribution in [0.15, 0.2) is 77.9 Å². The lowest BCUT2D eigenvalue weighted by Gasteiger charge is -2.05. The SMILES string of the molecule is CCOc1ccc(-c2cc3c(=O)n(Cc4ccccc4)ccn3n2)cc1. The average Bonchev–Trinajstić information content (AvgIpc) is 3.11. The van der Waals surface area contributed by atoms with Crippen LogP contribution in [-0.2, 0) is 6.54 Å². The molecule has 2 heterocycles. The Balaban J connectivity index is 1.69. The van der Waals surface area contributed by atoms with Gasteiger partial charge in [0.2, 0.25) is 0 Å². The molecule has 0 aliphatic rings. The summed E-state index contributed by atoms with van der Waals surface area (Å²) in [5.74, 6) is 0.824. The fraction of sp³-hybridized carbons (Fsp3) is 0.143. The number of fused-ring (bicyclic) bond motifs is 1. The highest BCUT2D eigenvalue weighted by Gasteiger charge is 2.09. The van der Waals surface area contributed by atoms with Gasteiger partial charge in [0.25, 0.3) is 5.56 Å². The Morgan fingerprint density at radius 3 is 2.50 bits per heavy atom. The van der Waals surface area contributed by atoms with Crippen molar-refractivity contribution in [3.05, 3.63) is 89.0 Å². The molecule has 26 heavy (non-hydrogen) atoms. The summed E-state index contributed by atoms with van der Waals surface area (Å²) in [7, 11) is 0. The molecule has 0 bridgehead atoms. The molecular weight excluding hydrogens is 326 g/mol. The second-order valence-electron chi connectivity index (χ2n) is 6.03. The summed E-state index contributed by atoms with van der Waals surface area (Å²) in [5, 5.41) is 4.53. The Morgan fingerprint density at radius 2 is 1.77 bits per heavy atom. The molecule has 0 aliphatic heterocycles. The molecule has 0 N–H and O–H groups in total. The van der Waals surface area contributed by atoms with E-state index >= 15 is 0 Å². The molecule has 0 saturated carbocycles. The molecular formula is C21H19N3O2. The quantitative estimate of drug-likeness (QED) is 0.555. The zero-order chi connectivity index (χ0) is 17.9. The molecule has 0 fully saturated rings. The lowest BCUT2D eigenvalue weighted by molar-refractivity contribution is 0.340. The van der Waals surface area contributed by atoms with Gasteiger partial charge in [-0.3, -0.25) is 4.79 Å². The molecule has 0 saturated heterocycles. The first kappa shape index (κ1) is 16.1. The zero-order valence-electron chi connectivity index (χ0n) is 14.5. The Bertz CT molecular complexity index is 1080. The predicted octanol–water partition coefficient (Wildman–Crippen LogP) is 3.61. The largest absolute Gasteiger partial charge is 0.494 e. The van der Waals surface area contributed by atoms with Gasteiger partial charge in [0.15, 0.2) is 0 Å². The Hall–Kier alpha value is -3.34. The monoisotopic (exact) mass is 345 g/mol. The van der Waals surface area contributed by atoms with Crippen molar-refractivity contribution in [2.75, 3.05) is 6.61 Å². The molecule has 0 radical (unpaired) electrons. The van der Waals surface area contributed by atoms with Gasteiger partial charge in [0, 0.05) is 18.0 Å². The molecule has 0 unspecified atom stereocenters. The van der Waals surface area contributed by atoms with Crippen molar-refractivity contribution in [1.82, 2.24) is 14.2 Å². The van der Waals surface area contributed by atoms with E-state index in [1.165, 1.54) is 0 Å². The first-order chi connectivity index (χ1) is 12.7. The van der Waals surface area contributed by atoms with E-state index in [-0.39, 0.29) is 5.56 Å². The van der Waals surface area contributed by atoms with Crippen LogP contribution >= 0.6 is 0 Å². The summed E-state index contributed by atoms with van der Waals surface area (Å²) < 4.78 is 8.81. The molecule has 0 spiro atoms. The van der Waals surface area contributed by atoms with Crippen LogP contribution in [0.5, 0.6) is 5.75 Å². The molecule has 4 aromatic rings. The van der Waals surface area contributed by atoms with Crippen LogP contribution in [0.4, 0.5) is 0 Å². The fourth-order valence-corrected chi connectivity index (χ4v) is 2.96. The molecule has 0 aliphatic carbocycles. The van der Waals surface area contributed by atoms with E-state index in [0.29, 0.717) is 18.7 Å². The normalized spacial score (nSPS) is 11.0. The van der Waals surface area contributed by atoms with Gasteiger partial charge in [0.05, 0.1) is 18.8 Å². The highest BCUT2D eigenvalue weighted by Crippen LogP contribution is 2.21. The zero-order valence-corrected chi connectivity index (χ0v) is 14.5. The highest BCUT2D eigenvalue weighted by atomic mass is 16.5. The molecule has 130 valence electrons. The number of nitrogens with zero attached hydrogens (tertiary/aromatic N) is 3. The van der Waals surface area contributed by atoms with E-state index in [1.807, 2.05) is 73.8 Å². The minimum Gasteiger partial charge on any atom is -0.494 e. The van der Waals surface area contributed by atoms with Crippen LogP contribution in [0.3, 0.4) is 0 Å². The van der Waals surface area contributed by atoms with E-state index in [9.17, 15) is 4.79 Å². The van der Waals surface area contributed by atoms with Crippen molar-refractivity contribution in [1.29, 1.82) is 0 Å². The minimum atomic E-state index is -0.0546. The van der Waals surface area contributed by atoms with Crippen molar-refractivity contribution in [2.24, 2.45) is 0 Å². The van der Waals surface area contributed by atoms with Crippen LogP contribution < -0.4 is 10.3 Å². The molecule has 2 aromatic carbocycles. The van der Waals surface area contributed by atoms with Gasteiger partial charge in [-0.1, -0.05) is 30.3 Å². The topological polar surface area (TPSA) is 48.5 Å². The number of aromatic nitrogens is 3. The van der Waals surface area contributed by atoms with Crippen LogP contribution in [0.2, 0.25) is 0 Å². The van der Waals surface area contributed by atoms with Crippen molar-refractivity contribution >= 4 is 5.52 Å². The van der Waals surface area contributed by atoms with Crippen molar-refractivity contribution in [3.8, 4) is 17.0 Å². The molecule has 5 heteroatoms. The lowest BCUT2D eigenvalue weighted by Crippen LogP contribution is -2.21. The lowest BCUT2D eigenvalue weighted by atomic mass is 10.1. The van der Waals surface area contributed by atoms with Gasteiger partial charge >= 0.3 is 0 Å². The van der Waals surface area contributed by atoms with Crippen molar-refractivity contribution < 1.29 is 4.74 Å². The summed E-state index contributed by atoms with van der Waals surface area (Å²) in [4.78, 5) is 12.8. The first-order valence-corrected chi connectivity index (χ1v) is 8.60. The first-order valence-electron chi connectivity index (χ1n) is 8.60.